The number of benzene rings is 1. The van der Waals surface area contributed by atoms with E-state index in [2.05, 4.69) is 4.90 Å². The molecule has 1 aromatic heterocycles. The fourth-order valence-corrected chi connectivity index (χ4v) is 5.99. The maximum atomic E-state index is 13.1. The van der Waals surface area contributed by atoms with Gasteiger partial charge in [-0.15, -0.1) is 0 Å². The van der Waals surface area contributed by atoms with Crippen LogP contribution in [0.5, 0.6) is 5.75 Å². The number of hydrogen-bond donors (Lipinski definition) is 2. The first-order valence-electron chi connectivity index (χ1n) is 14.6. The summed E-state index contributed by atoms with van der Waals surface area (Å²) in [5.41, 5.74) is 8.93. The van der Waals surface area contributed by atoms with E-state index in [0.717, 1.165) is 43.7 Å². The van der Waals surface area contributed by atoms with Crippen LogP contribution in [0.25, 0.3) is 17.0 Å². The molecule has 3 heterocycles. The smallest absolute Gasteiger partial charge is 0.409 e. The zero-order chi connectivity index (χ0) is 30.6. The second-order valence-corrected chi connectivity index (χ2v) is 11.8. The van der Waals surface area contributed by atoms with Gasteiger partial charge in [0.25, 0.3) is 0 Å². The highest BCUT2D eigenvalue weighted by Gasteiger charge is 2.47. The Labute approximate surface area is 252 Å². The van der Waals surface area contributed by atoms with Crippen LogP contribution in [-0.2, 0) is 9.53 Å². The first-order valence-corrected chi connectivity index (χ1v) is 15.0. The third kappa shape index (κ3) is 6.65. The van der Waals surface area contributed by atoms with E-state index in [1.807, 2.05) is 13.8 Å². The number of allylic oxidation sites excluding steroid dienone is 2. The molecule has 11 heteroatoms. The van der Waals surface area contributed by atoms with Gasteiger partial charge < -0.3 is 30.1 Å². The summed E-state index contributed by atoms with van der Waals surface area (Å²) in [5.74, 6) is 1.52. The Balaban J connectivity index is 1.71. The Kier molecular flexibility index (Phi) is 9.99. The van der Waals surface area contributed by atoms with Gasteiger partial charge in [-0.1, -0.05) is 31.9 Å². The number of carbonyl (C=O) groups is 2. The molecule has 0 saturated carbocycles. The van der Waals surface area contributed by atoms with E-state index in [4.69, 9.17) is 36.8 Å². The minimum absolute atomic E-state index is 0.0780. The molecule has 0 radical (unpaired) electrons. The predicted octanol–water partition coefficient (Wildman–Crippen LogP) is 4.98. The van der Waals surface area contributed by atoms with Crippen LogP contribution in [0.1, 0.15) is 64.1 Å². The van der Waals surface area contributed by atoms with Gasteiger partial charge in [-0.05, 0) is 51.3 Å². The van der Waals surface area contributed by atoms with Gasteiger partial charge in [0, 0.05) is 54.8 Å². The van der Waals surface area contributed by atoms with Crippen LogP contribution < -0.4 is 15.4 Å². The molecule has 10 nitrogen and oxygen atoms in total. The van der Waals surface area contributed by atoms with Gasteiger partial charge in [-0.2, -0.15) is 0 Å². The van der Waals surface area contributed by atoms with Crippen molar-refractivity contribution in [2.24, 2.45) is 11.1 Å². The van der Waals surface area contributed by atoms with Crippen molar-refractivity contribution >= 4 is 34.9 Å². The summed E-state index contributed by atoms with van der Waals surface area (Å²) >= 11 is 6.67. The number of amides is 1. The SMILES string of the molecule is CCC[C@@H](O)COc1ccc(Cl)c(-c2nc(C(C(=O)CC)=C(C)N)c(C)c(N3CC4(CCN(C(=O)OC)CC4)C3)n2)c1. The lowest BCUT2D eigenvalue weighted by molar-refractivity contribution is -0.113. The number of nitrogens with two attached hydrogens (primary N) is 1. The Bertz CT molecular complexity index is 1340. The van der Waals surface area contributed by atoms with Crippen LogP contribution in [0, 0.1) is 12.3 Å². The molecule has 2 saturated heterocycles. The van der Waals surface area contributed by atoms with Crippen molar-refractivity contribution in [1.29, 1.82) is 0 Å². The molecule has 1 spiro atoms. The summed E-state index contributed by atoms with van der Waals surface area (Å²) in [5, 5.41) is 10.6. The highest BCUT2D eigenvalue weighted by atomic mass is 35.5. The Morgan fingerprint density at radius 3 is 2.48 bits per heavy atom. The van der Waals surface area contributed by atoms with E-state index in [0.29, 0.717) is 58.6 Å². The van der Waals surface area contributed by atoms with Crippen molar-refractivity contribution in [3.63, 3.8) is 0 Å². The number of ether oxygens (including phenoxy) is 2. The number of piperidine rings is 1. The lowest BCUT2D eigenvalue weighted by atomic mass is 9.72. The van der Waals surface area contributed by atoms with Gasteiger partial charge >= 0.3 is 6.09 Å². The maximum Gasteiger partial charge on any atom is 0.409 e. The lowest BCUT2D eigenvalue weighted by Gasteiger charge is -2.54. The lowest BCUT2D eigenvalue weighted by Crippen LogP contribution is -2.61. The van der Waals surface area contributed by atoms with Gasteiger partial charge in [0.05, 0.1) is 29.5 Å². The summed E-state index contributed by atoms with van der Waals surface area (Å²) in [6, 6.07) is 5.23. The van der Waals surface area contributed by atoms with Gasteiger partial charge in [0.2, 0.25) is 0 Å². The number of anilines is 1. The molecule has 1 aromatic carbocycles. The van der Waals surface area contributed by atoms with Gasteiger partial charge in [-0.25, -0.2) is 14.8 Å². The number of Topliss-reactive ketones (excluding diaryl/α,β-unsaturated/α-hetero) is 1. The fourth-order valence-electron chi connectivity index (χ4n) is 5.79. The topological polar surface area (TPSA) is 131 Å². The zero-order valence-electron chi connectivity index (χ0n) is 25.2. The van der Waals surface area contributed by atoms with E-state index in [-0.39, 0.29) is 30.3 Å². The molecule has 228 valence electrons. The summed E-state index contributed by atoms with van der Waals surface area (Å²) in [4.78, 5) is 38.8. The number of likely N-dealkylation sites (tertiary alicyclic amines) is 1. The third-order valence-corrected chi connectivity index (χ3v) is 8.53. The second kappa shape index (κ2) is 13.3. The molecule has 2 fully saturated rings. The van der Waals surface area contributed by atoms with Crippen molar-refractivity contribution in [3.05, 3.63) is 40.2 Å². The Morgan fingerprint density at radius 1 is 1.19 bits per heavy atom. The summed E-state index contributed by atoms with van der Waals surface area (Å²) in [7, 11) is 1.41. The number of hydrogen-bond acceptors (Lipinski definition) is 9. The maximum absolute atomic E-state index is 13.1. The van der Waals surface area contributed by atoms with Gasteiger partial charge in [-0.3, -0.25) is 4.79 Å². The van der Waals surface area contributed by atoms with Crippen LogP contribution in [0.2, 0.25) is 5.02 Å². The molecule has 1 atom stereocenters. The van der Waals surface area contributed by atoms with E-state index < -0.39 is 6.10 Å². The fraction of sp³-hybridized carbons (Fsp3) is 0.548. The van der Waals surface area contributed by atoms with Crippen LogP contribution in [0.15, 0.2) is 23.9 Å². The molecular weight excluding hydrogens is 558 g/mol. The highest BCUT2D eigenvalue weighted by Crippen LogP contribution is 2.44. The third-order valence-electron chi connectivity index (χ3n) is 8.20. The summed E-state index contributed by atoms with van der Waals surface area (Å²) < 4.78 is 10.8. The second-order valence-electron chi connectivity index (χ2n) is 11.4. The first kappa shape index (κ1) is 31.6. The Hall–Kier alpha value is -3.37. The number of carbonyl (C=O) groups excluding carboxylic acids is 2. The molecule has 42 heavy (non-hydrogen) atoms. The molecule has 0 unspecified atom stereocenters. The average molecular weight is 600 g/mol. The number of aromatic nitrogens is 2. The van der Waals surface area contributed by atoms with Crippen LogP contribution in [0.3, 0.4) is 0 Å². The van der Waals surface area contributed by atoms with Crippen LogP contribution >= 0.6 is 11.6 Å². The minimum atomic E-state index is -0.568. The molecule has 0 bridgehead atoms. The average Bonchev–Trinajstić information content (AvgIpc) is 2.96. The number of halogens is 1. The van der Waals surface area contributed by atoms with Crippen molar-refractivity contribution in [2.45, 2.75) is 65.9 Å². The van der Waals surface area contributed by atoms with Crippen molar-refractivity contribution in [3.8, 4) is 17.1 Å². The number of rotatable bonds is 10. The summed E-state index contributed by atoms with van der Waals surface area (Å²) in [6.07, 6.45) is 2.67. The molecule has 3 N–H and O–H groups in total. The van der Waals surface area contributed by atoms with Crippen molar-refractivity contribution in [2.75, 3.05) is 44.8 Å². The van der Waals surface area contributed by atoms with Crippen LogP contribution in [0.4, 0.5) is 10.6 Å². The minimum Gasteiger partial charge on any atom is -0.491 e. The molecule has 2 aliphatic rings. The molecule has 2 aromatic rings. The van der Waals surface area contributed by atoms with Crippen LogP contribution in [-0.4, -0.2) is 77.9 Å². The number of aliphatic hydroxyl groups excluding tert-OH is 1. The standard InChI is InChI=1S/C31H42ClN5O5/c1-6-8-21(38)16-42-22-9-10-24(32)23(15-22)28-34-27(26(20(4)33)25(39)7-2)19(3)29(35-28)37-17-31(18-37)11-13-36(14-12-31)30(40)41-5/h9-10,15,21,38H,6-8,11-14,16-18,33H2,1-5H3/t21-/m1/s1. The van der Waals surface area contributed by atoms with Gasteiger partial charge in [0.1, 0.15) is 18.2 Å². The number of aliphatic hydroxyl groups is 1. The Morgan fingerprint density at radius 2 is 1.88 bits per heavy atom. The molecule has 0 aliphatic carbocycles. The quantitative estimate of drug-likeness (QED) is 0.363. The monoisotopic (exact) mass is 599 g/mol. The number of ketones is 1. The molecular formula is C31H42ClN5O5. The molecule has 4 rings (SSSR count). The van der Waals surface area contributed by atoms with E-state index >= 15 is 0 Å². The van der Waals surface area contributed by atoms with E-state index in [1.54, 1.807) is 36.9 Å². The predicted molar refractivity (Wildman–Crippen MR) is 164 cm³/mol. The van der Waals surface area contributed by atoms with E-state index in [1.165, 1.54) is 7.11 Å². The summed E-state index contributed by atoms with van der Waals surface area (Å²) in [6.45, 7) is 10.4. The largest absolute Gasteiger partial charge is 0.491 e. The first-order chi connectivity index (χ1) is 20.0. The highest BCUT2D eigenvalue weighted by molar-refractivity contribution is 6.33. The van der Waals surface area contributed by atoms with Crippen molar-refractivity contribution in [1.82, 2.24) is 14.9 Å². The molecule has 2 aliphatic heterocycles. The number of nitrogens with zero attached hydrogens (tertiary/aromatic N) is 4. The van der Waals surface area contributed by atoms with Crippen molar-refractivity contribution < 1.29 is 24.2 Å². The zero-order valence-corrected chi connectivity index (χ0v) is 26.0. The normalized spacial score (nSPS) is 17.4. The number of methoxy groups -OCH3 is 1. The molecule has 1 amide bonds. The van der Waals surface area contributed by atoms with E-state index in [9.17, 15) is 14.7 Å². The van der Waals surface area contributed by atoms with Gasteiger partial charge in [0.15, 0.2) is 11.6 Å².